The maximum Gasteiger partial charge on any atom is 0.240 e. The fraction of sp³-hybridized carbons (Fsp3) is 0.231. The number of nitrogens with two attached hydrogens (primary N) is 1. The van der Waals surface area contributed by atoms with Gasteiger partial charge in [0.2, 0.25) is 5.95 Å². The minimum atomic E-state index is 0.478. The van der Waals surface area contributed by atoms with Crippen molar-refractivity contribution in [3.05, 3.63) is 33.3 Å². The van der Waals surface area contributed by atoms with Crippen molar-refractivity contribution in [2.75, 3.05) is 16.9 Å². The molecule has 0 unspecified atom stereocenters. The summed E-state index contributed by atoms with van der Waals surface area (Å²) in [5.41, 5.74) is 3.97. The van der Waals surface area contributed by atoms with Gasteiger partial charge in [0.25, 0.3) is 0 Å². The minimum Gasteiger partial charge on any atom is -0.351 e. The van der Waals surface area contributed by atoms with Gasteiger partial charge in [0, 0.05) is 18.0 Å². The summed E-state index contributed by atoms with van der Waals surface area (Å²) in [4.78, 5) is 13.7. The van der Waals surface area contributed by atoms with Crippen molar-refractivity contribution in [3.63, 3.8) is 0 Å². The fourth-order valence-electron chi connectivity index (χ4n) is 2.57. The molecule has 0 bridgehead atoms. The second kappa shape index (κ2) is 4.69. The zero-order valence-electron chi connectivity index (χ0n) is 10.7. The Morgan fingerprint density at radius 1 is 1.20 bits per heavy atom. The molecule has 0 atom stereocenters. The van der Waals surface area contributed by atoms with Crippen LogP contribution in [0.25, 0.3) is 10.2 Å². The second-order valence-electron chi connectivity index (χ2n) is 4.70. The van der Waals surface area contributed by atoms with Crippen LogP contribution in [0.2, 0.25) is 0 Å². The smallest absolute Gasteiger partial charge is 0.240 e. The molecule has 4 rings (SSSR count). The first kappa shape index (κ1) is 12.1. The van der Waals surface area contributed by atoms with Gasteiger partial charge >= 0.3 is 0 Å². The monoisotopic (exact) mass is 303 g/mol. The number of rotatable bonds is 2. The molecule has 1 aliphatic rings. The van der Waals surface area contributed by atoms with Crippen LogP contribution in [-0.2, 0) is 13.0 Å². The lowest BCUT2D eigenvalue weighted by atomic mass is 10.1. The van der Waals surface area contributed by atoms with E-state index in [2.05, 4.69) is 37.8 Å². The van der Waals surface area contributed by atoms with Crippen LogP contribution in [0.15, 0.2) is 22.9 Å². The predicted octanol–water partition coefficient (Wildman–Crippen LogP) is 2.60. The van der Waals surface area contributed by atoms with Crippen LogP contribution in [0, 0.1) is 0 Å². The largest absolute Gasteiger partial charge is 0.351 e. The van der Waals surface area contributed by atoms with Gasteiger partial charge in [-0.3, -0.25) is 5.43 Å². The Kier molecular flexibility index (Phi) is 2.83. The summed E-state index contributed by atoms with van der Waals surface area (Å²) in [5.74, 6) is 6.93. The van der Waals surface area contributed by atoms with Crippen LogP contribution in [0.4, 0.5) is 11.8 Å². The number of nitrogen functional groups attached to an aromatic ring is 1. The maximum atomic E-state index is 5.48. The van der Waals surface area contributed by atoms with Gasteiger partial charge in [0.15, 0.2) is 0 Å². The molecule has 0 radical (unpaired) electrons. The molecule has 3 aromatic rings. The summed E-state index contributed by atoms with van der Waals surface area (Å²) in [6, 6.07) is 4.29. The highest BCUT2D eigenvalue weighted by atomic mass is 32.1. The lowest BCUT2D eigenvalue weighted by Crippen LogP contribution is -2.30. The van der Waals surface area contributed by atoms with Crippen molar-refractivity contribution in [2.45, 2.75) is 13.0 Å². The van der Waals surface area contributed by atoms with Crippen molar-refractivity contribution >= 4 is 44.7 Å². The molecular formula is C13H13N5S2. The molecule has 0 aromatic carbocycles. The third-order valence-corrected chi connectivity index (χ3v) is 5.37. The topological polar surface area (TPSA) is 67.1 Å². The average molecular weight is 303 g/mol. The molecule has 4 heterocycles. The van der Waals surface area contributed by atoms with E-state index >= 15 is 0 Å². The number of nitrogens with zero attached hydrogens (tertiary/aromatic N) is 3. The molecule has 1 aliphatic heterocycles. The summed E-state index contributed by atoms with van der Waals surface area (Å²) < 4.78 is 0. The van der Waals surface area contributed by atoms with Crippen LogP contribution in [-0.4, -0.2) is 16.5 Å². The van der Waals surface area contributed by atoms with E-state index in [1.165, 1.54) is 10.4 Å². The van der Waals surface area contributed by atoms with Crippen molar-refractivity contribution < 1.29 is 0 Å². The van der Waals surface area contributed by atoms with Gasteiger partial charge in [-0.25, -0.2) is 10.8 Å². The second-order valence-corrected chi connectivity index (χ2v) is 6.59. The van der Waals surface area contributed by atoms with Gasteiger partial charge in [0.1, 0.15) is 10.6 Å². The first-order valence-corrected chi connectivity index (χ1v) is 8.13. The van der Waals surface area contributed by atoms with E-state index in [-0.39, 0.29) is 0 Å². The molecule has 3 aromatic heterocycles. The Labute approximate surface area is 124 Å². The third-order valence-electron chi connectivity index (χ3n) is 3.54. The number of hydrazine groups is 1. The van der Waals surface area contributed by atoms with E-state index in [1.807, 2.05) is 16.7 Å². The summed E-state index contributed by atoms with van der Waals surface area (Å²) in [7, 11) is 0. The molecule has 0 aliphatic carbocycles. The average Bonchev–Trinajstić information content (AvgIpc) is 3.13. The maximum absolute atomic E-state index is 5.48. The quantitative estimate of drug-likeness (QED) is 0.562. The Balaban J connectivity index is 1.80. The lowest BCUT2D eigenvalue weighted by molar-refractivity contribution is 0.735. The molecule has 0 saturated carbocycles. The van der Waals surface area contributed by atoms with Crippen LogP contribution in [0.5, 0.6) is 0 Å². The number of anilines is 2. The fourth-order valence-corrected chi connectivity index (χ4v) is 4.22. The van der Waals surface area contributed by atoms with E-state index in [1.54, 1.807) is 11.3 Å². The van der Waals surface area contributed by atoms with Gasteiger partial charge in [0.05, 0.1) is 5.39 Å². The molecule has 0 spiro atoms. The number of hydrogen-bond donors (Lipinski definition) is 2. The van der Waals surface area contributed by atoms with E-state index in [0.717, 1.165) is 35.5 Å². The highest BCUT2D eigenvalue weighted by Crippen LogP contribution is 2.33. The Bertz CT molecular complexity index is 763. The van der Waals surface area contributed by atoms with Gasteiger partial charge in [-0.2, -0.15) is 4.98 Å². The SMILES string of the molecule is NNc1nc(N2CCc3sccc3C2)c2ccsc2n1. The minimum absolute atomic E-state index is 0.478. The molecular weight excluding hydrogens is 290 g/mol. The molecule has 102 valence electrons. The summed E-state index contributed by atoms with van der Waals surface area (Å²) in [5, 5.41) is 5.32. The summed E-state index contributed by atoms with van der Waals surface area (Å²) in [6.07, 6.45) is 1.08. The van der Waals surface area contributed by atoms with Gasteiger partial charge in [-0.15, -0.1) is 22.7 Å². The van der Waals surface area contributed by atoms with Crippen LogP contribution in [0.1, 0.15) is 10.4 Å². The zero-order chi connectivity index (χ0) is 13.5. The summed E-state index contributed by atoms with van der Waals surface area (Å²) >= 11 is 3.46. The third kappa shape index (κ3) is 1.86. The Morgan fingerprint density at radius 3 is 3.00 bits per heavy atom. The zero-order valence-corrected chi connectivity index (χ0v) is 12.3. The first-order chi connectivity index (χ1) is 9.85. The van der Waals surface area contributed by atoms with Crippen molar-refractivity contribution in [3.8, 4) is 0 Å². The van der Waals surface area contributed by atoms with E-state index in [0.29, 0.717) is 5.95 Å². The van der Waals surface area contributed by atoms with Gasteiger partial charge in [-0.1, -0.05) is 0 Å². The number of nitrogens with one attached hydrogen (secondary N) is 1. The molecule has 3 N–H and O–H groups in total. The van der Waals surface area contributed by atoms with Crippen molar-refractivity contribution in [2.24, 2.45) is 5.84 Å². The first-order valence-electron chi connectivity index (χ1n) is 6.37. The van der Waals surface area contributed by atoms with E-state index < -0.39 is 0 Å². The van der Waals surface area contributed by atoms with Gasteiger partial charge in [-0.05, 0) is 34.9 Å². The molecule has 0 saturated heterocycles. The van der Waals surface area contributed by atoms with Crippen molar-refractivity contribution in [1.82, 2.24) is 9.97 Å². The Hall–Kier alpha value is -1.70. The predicted molar refractivity (Wildman–Crippen MR) is 84.3 cm³/mol. The molecule has 7 heteroatoms. The van der Waals surface area contributed by atoms with Crippen LogP contribution in [0.3, 0.4) is 0 Å². The highest BCUT2D eigenvalue weighted by Gasteiger charge is 2.21. The number of hydrogen-bond acceptors (Lipinski definition) is 7. The van der Waals surface area contributed by atoms with Crippen molar-refractivity contribution in [1.29, 1.82) is 0 Å². The molecule has 5 nitrogen and oxygen atoms in total. The number of fused-ring (bicyclic) bond motifs is 2. The normalized spacial score (nSPS) is 14.6. The van der Waals surface area contributed by atoms with E-state index in [9.17, 15) is 0 Å². The summed E-state index contributed by atoms with van der Waals surface area (Å²) in [6.45, 7) is 1.89. The van der Waals surface area contributed by atoms with Crippen LogP contribution >= 0.6 is 22.7 Å². The van der Waals surface area contributed by atoms with Gasteiger partial charge < -0.3 is 4.90 Å². The standard InChI is InChI=1S/C13H13N5S2/c14-17-13-15-11(9-3-6-20-12(9)16-13)18-4-1-10-8(7-18)2-5-19-10/h2-3,5-6H,1,4,7,14H2,(H,15,16,17). The molecule has 0 amide bonds. The van der Waals surface area contributed by atoms with Crippen LogP contribution < -0.4 is 16.2 Å². The highest BCUT2D eigenvalue weighted by molar-refractivity contribution is 7.16. The number of thiophene rings is 2. The Morgan fingerprint density at radius 2 is 2.10 bits per heavy atom. The molecule has 0 fully saturated rings. The van der Waals surface area contributed by atoms with E-state index in [4.69, 9.17) is 5.84 Å². The number of aromatic nitrogens is 2. The lowest BCUT2D eigenvalue weighted by Gasteiger charge is -2.28. The molecule has 20 heavy (non-hydrogen) atoms.